The van der Waals surface area contributed by atoms with Gasteiger partial charge in [0, 0.05) is 11.1 Å². The van der Waals surface area contributed by atoms with Crippen LogP contribution in [0.3, 0.4) is 0 Å². The lowest BCUT2D eigenvalue weighted by atomic mass is 10.2. The van der Waals surface area contributed by atoms with Gasteiger partial charge in [-0.05, 0) is 30.7 Å². The Hall–Kier alpha value is -1.98. The monoisotopic (exact) mass is 294 g/mol. The van der Waals surface area contributed by atoms with Gasteiger partial charge < -0.3 is 20.2 Å². The van der Waals surface area contributed by atoms with Gasteiger partial charge in [-0.25, -0.2) is 0 Å². The number of hydrogen-bond donors (Lipinski definition) is 2. The first-order valence-electron chi connectivity index (χ1n) is 5.99. The van der Waals surface area contributed by atoms with Crippen LogP contribution >= 0.6 is 11.6 Å². The van der Waals surface area contributed by atoms with E-state index in [9.17, 15) is 4.79 Å². The quantitative estimate of drug-likeness (QED) is 0.909. The molecule has 1 aromatic heterocycles. The third-order valence-corrected chi connectivity index (χ3v) is 3.22. The fourth-order valence-electron chi connectivity index (χ4n) is 1.72. The highest BCUT2D eigenvalue weighted by Gasteiger charge is 2.14. The number of amides is 1. The lowest BCUT2D eigenvalue weighted by molar-refractivity contribution is 0.0994. The summed E-state index contributed by atoms with van der Waals surface area (Å²) >= 11 is 6.02. The summed E-state index contributed by atoms with van der Waals surface area (Å²) in [7, 11) is 1.51. The number of methoxy groups -OCH3 is 1. The molecule has 20 heavy (non-hydrogen) atoms. The molecule has 0 unspecified atom stereocenters. The lowest BCUT2D eigenvalue weighted by Gasteiger charge is -2.11. The number of benzene rings is 1. The van der Waals surface area contributed by atoms with Crippen molar-refractivity contribution >= 4 is 23.2 Å². The van der Waals surface area contributed by atoms with Crippen LogP contribution in [0.5, 0.6) is 5.75 Å². The van der Waals surface area contributed by atoms with Gasteiger partial charge in [0.15, 0.2) is 5.76 Å². The Morgan fingerprint density at radius 2 is 2.20 bits per heavy atom. The number of furan rings is 1. The molecule has 0 radical (unpaired) electrons. The number of rotatable bonds is 4. The van der Waals surface area contributed by atoms with Crippen molar-refractivity contribution in [3.63, 3.8) is 0 Å². The van der Waals surface area contributed by atoms with Gasteiger partial charge in [-0.15, -0.1) is 0 Å². The van der Waals surface area contributed by atoms with E-state index in [4.69, 9.17) is 26.5 Å². The molecule has 0 saturated carbocycles. The van der Waals surface area contributed by atoms with Crippen LogP contribution in [0.25, 0.3) is 0 Å². The predicted molar refractivity (Wildman–Crippen MR) is 77.3 cm³/mol. The highest BCUT2D eigenvalue weighted by atomic mass is 35.5. The van der Waals surface area contributed by atoms with Crippen molar-refractivity contribution in [2.45, 2.75) is 13.5 Å². The molecule has 0 aliphatic rings. The second-order valence-corrected chi connectivity index (χ2v) is 4.63. The summed E-state index contributed by atoms with van der Waals surface area (Å²) in [5, 5.41) is 3.30. The van der Waals surface area contributed by atoms with Crippen LogP contribution < -0.4 is 15.8 Å². The van der Waals surface area contributed by atoms with Gasteiger partial charge in [0.05, 0.1) is 19.3 Å². The van der Waals surface area contributed by atoms with E-state index in [2.05, 4.69) is 5.32 Å². The summed E-state index contributed by atoms with van der Waals surface area (Å²) in [5.41, 5.74) is 6.81. The number of anilines is 1. The van der Waals surface area contributed by atoms with E-state index in [1.807, 2.05) is 6.92 Å². The molecule has 0 aliphatic carbocycles. The summed E-state index contributed by atoms with van der Waals surface area (Å²) < 4.78 is 10.5. The van der Waals surface area contributed by atoms with Crippen molar-refractivity contribution in [1.82, 2.24) is 0 Å². The van der Waals surface area contributed by atoms with Crippen LogP contribution in [0.2, 0.25) is 5.02 Å². The van der Waals surface area contributed by atoms with Gasteiger partial charge in [0.25, 0.3) is 5.91 Å². The molecule has 3 N–H and O–H groups in total. The number of carbonyl (C=O) groups excluding carboxylic acids is 1. The van der Waals surface area contributed by atoms with E-state index in [-0.39, 0.29) is 18.2 Å². The molecule has 0 aliphatic heterocycles. The summed E-state index contributed by atoms with van der Waals surface area (Å²) in [6.07, 6.45) is 0. The zero-order chi connectivity index (χ0) is 14.7. The lowest BCUT2D eigenvalue weighted by Crippen LogP contribution is -2.12. The van der Waals surface area contributed by atoms with Gasteiger partial charge in [0.1, 0.15) is 11.5 Å². The molecule has 1 amide bonds. The number of ether oxygens (including phenoxy) is 1. The summed E-state index contributed by atoms with van der Waals surface area (Å²) in [4.78, 5) is 12.1. The largest absolute Gasteiger partial charge is 0.495 e. The van der Waals surface area contributed by atoms with E-state index in [0.717, 1.165) is 5.56 Å². The van der Waals surface area contributed by atoms with Crippen LogP contribution in [0.4, 0.5) is 5.69 Å². The Morgan fingerprint density at radius 3 is 2.80 bits per heavy atom. The van der Waals surface area contributed by atoms with Crippen molar-refractivity contribution < 1.29 is 13.9 Å². The fourth-order valence-corrected chi connectivity index (χ4v) is 1.88. The second-order valence-electron chi connectivity index (χ2n) is 4.23. The SMILES string of the molecule is COc1cc(Cl)c(C)cc1NC(=O)c1ccc(CN)o1. The van der Waals surface area contributed by atoms with Crippen LogP contribution in [0, 0.1) is 6.92 Å². The molecular weight excluding hydrogens is 280 g/mol. The molecular formula is C14H15ClN2O3. The van der Waals surface area contributed by atoms with E-state index >= 15 is 0 Å². The van der Waals surface area contributed by atoms with E-state index in [0.29, 0.717) is 22.2 Å². The molecule has 1 aromatic carbocycles. The summed E-state index contributed by atoms with van der Waals surface area (Å²) in [6, 6.07) is 6.64. The third-order valence-electron chi connectivity index (χ3n) is 2.82. The number of carbonyl (C=O) groups is 1. The number of halogens is 1. The van der Waals surface area contributed by atoms with Crippen LogP contribution in [-0.4, -0.2) is 13.0 Å². The number of hydrogen-bond acceptors (Lipinski definition) is 4. The van der Waals surface area contributed by atoms with Crippen molar-refractivity contribution in [3.8, 4) is 5.75 Å². The zero-order valence-electron chi connectivity index (χ0n) is 11.2. The predicted octanol–water partition coefficient (Wildman–Crippen LogP) is 2.96. The van der Waals surface area contributed by atoms with Crippen LogP contribution in [0.1, 0.15) is 21.9 Å². The van der Waals surface area contributed by atoms with Gasteiger partial charge in [-0.3, -0.25) is 4.79 Å². The molecule has 0 saturated heterocycles. The fraction of sp³-hybridized carbons (Fsp3) is 0.214. The van der Waals surface area contributed by atoms with Gasteiger partial charge in [-0.2, -0.15) is 0 Å². The normalized spacial score (nSPS) is 10.4. The zero-order valence-corrected chi connectivity index (χ0v) is 12.0. The molecule has 2 rings (SSSR count). The van der Waals surface area contributed by atoms with Crippen molar-refractivity contribution in [2.24, 2.45) is 5.73 Å². The standard InChI is InChI=1S/C14H15ClN2O3/c1-8-5-11(13(19-2)6-10(8)15)17-14(18)12-4-3-9(7-16)20-12/h3-6H,7,16H2,1-2H3,(H,17,18). The molecule has 106 valence electrons. The summed E-state index contributed by atoms with van der Waals surface area (Å²) in [5.74, 6) is 0.860. The highest BCUT2D eigenvalue weighted by Crippen LogP contribution is 2.31. The summed E-state index contributed by atoms with van der Waals surface area (Å²) in [6.45, 7) is 2.09. The maximum Gasteiger partial charge on any atom is 0.291 e. The minimum absolute atomic E-state index is 0.195. The Morgan fingerprint density at radius 1 is 1.45 bits per heavy atom. The van der Waals surface area contributed by atoms with E-state index in [1.54, 1.807) is 24.3 Å². The maximum atomic E-state index is 12.1. The second kappa shape index (κ2) is 5.98. The van der Waals surface area contributed by atoms with Gasteiger partial charge >= 0.3 is 0 Å². The van der Waals surface area contributed by atoms with Gasteiger partial charge in [-0.1, -0.05) is 11.6 Å². The molecule has 5 nitrogen and oxygen atoms in total. The van der Waals surface area contributed by atoms with Crippen molar-refractivity contribution in [2.75, 3.05) is 12.4 Å². The average Bonchev–Trinajstić information content (AvgIpc) is 2.91. The Balaban J connectivity index is 2.25. The first-order chi connectivity index (χ1) is 9.55. The maximum absolute atomic E-state index is 12.1. The average molecular weight is 295 g/mol. The molecule has 0 atom stereocenters. The Labute approximate surface area is 121 Å². The minimum Gasteiger partial charge on any atom is -0.495 e. The molecule has 1 heterocycles. The number of nitrogens with one attached hydrogen (secondary N) is 1. The van der Waals surface area contributed by atoms with E-state index in [1.165, 1.54) is 7.11 Å². The highest BCUT2D eigenvalue weighted by molar-refractivity contribution is 6.31. The topological polar surface area (TPSA) is 77.5 Å². The number of aryl methyl sites for hydroxylation is 1. The third kappa shape index (κ3) is 2.95. The van der Waals surface area contributed by atoms with Crippen LogP contribution in [0.15, 0.2) is 28.7 Å². The Bertz CT molecular complexity index is 637. The minimum atomic E-state index is -0.371. The molecule has 0 spiro atoms. The van der Waals surface area contributed by atoms with Gasteiger partial charge in [0.2, 0.25) is 0 Å². The first-order valence-corrected chi connectivity index (χ1v) is 6.37. The first kappa shape index (κ1) is 14.4. The molecule has 6 heteroatoms. The smallest absolute Gasteiger partial charge is 0.291 e. The molecule has 2 aromatic rings. The Kier molecular flexibility index (Phi) is 4.32. The van der Waals surface area contributed by atoms with Crippen molar-refractivity contribution in [1.29, 1.82) is 0 Å². The number of nitrogens with two attached hydrogens (primary N) is 1. The van der Waals surface area contributed by atoms with E-state index < -0.39 is 0 Å². The molecule has 0 fully saturated rings. The molecule has 0 bridgehead atoms. The van der Waals surface area contributed by atoms with Crippen LogP contribution in [-0.2, 0) is 6.54 Å². The van der Waals surface area contributed by atoms with Crippen molar-refractivity contribution in [3.05, 3.63) is 46.4 Å².